The molecule has 92 valence electrons. The highest BCUT2D eigenvalue weighted by molar-refractivity contribution is 6.04. The smallest absolute Gasteiger partial charge is 0.278 e. The molecule has 2 N–H and O–H groups in total. The van der Waals surface area contributed by atoms with Gasteiger partial charge in [0.1, 0.15) is 11.5 Å². The van der Waals surface area contributed by atoms with Crippen LogP contribution in [0, 0.1) is 6.92 Å². The first-order valence-electron chi connectivity index (χ1n) is 5.51. The lowest BCUT2D eigenvalue weighted by molar-refractivity contribution is 0.0988. The maximum absolute atomic E-state index is 12.2. The highest BCUT2D eigenvalue weighted by atomic mass is 16.2. The predicted octanol–water partition coefficient (Wildman–Crippen LogP) is 1.64. The number of para-hydroxylation sites is 1. The van der Waals surface area contributed by atoms with Crippen LogP contribution in [0.5, 0.6) is 0 Å². The Labute approximate surface area is 105 Å². The fourth-order valence-electron chi connectivity index (χ4n) is 1.71. The van der Waals surface area contributed by atoms with Crippen LogP contribution in [0.25, 0.3) is 0 Å². The van der Waals surface area contributed by atoms with Crippen molar-refractivity contribution in [2.45, 2.75) is 6.92 Å². The summed E-state index contributed by atoms with van der Waals surface area (Å²) < 4.78 is 0. The number of nitrogens with two attached hydrogens (primary N) is 1. The van der Waals surface area contributed by atoms with E-state index in [9.17, 15) is 4.79 Å². The second kappa shape index (κ2) is 4.83. The quantitative estimate of drug-likeness (QED) is 0.869. The van der Waals surface area contributed by atoms with E-state index in [1.54, 1.807) is 11.9 Å². The number of hydrogen-bond donors (Lipinski definition) is 1. The van der Waals surface area contributed by atoms with Gasteiger partial charge in [0.2, 0.25) is 0 Å². The van der Waals surface area contributed by atoms with E-state index in [-0.39, 0.29) is 17.4 Å². The normalized spacial score (nSPS) is 10.1. The third kappa shape index (κ3) is 2.29. The van der Waals surface area contributed by atoms with E-state index in [0.717, 1.165) is 11.3 Å². The zero-order valence-corrected chi connectivity index (χ0v) is 10.3. The maximum Gasteiger partial charge on any atom is 0.278 e. The zero-order valence-electron chi connectivity index (χ0n) is 10.3. The van der Waals surface area contributed by atoms with Crippen LogP contribution in [0.1, 0.15) is 16.1 Å². The van der Waals surface area contributed by atoms with Crippen LogP contribution in [0.2, 0.25) is 0 Å². The molecule has 1 aromatic heterocycles. The van der Waals surface area contributed by atoms with Crippen molar-refractivity contribution in [2.75, 3.05) is 17.7 Å². The fraction of sp³-hybridized carbons (Fsp3) is 0.154. The lowest BCUT2D eigenvalue weighted by Gasteiger charge is -2.18. The highest BCUT2D eigenvalue weighted by Gasteiger charge is 2.16. The number of hydrogen-bond acceptors (Lipinski definition) is 4. The SMILES string of the molecule is Cc1ccccc1N(C)C(=O)c1cncc(N)n1. The first-order valence-corrected chi connectivity index (χ1v) is 5.51. The van der Waals surface area contributed by atoms with Crippen LogP contribution in [-0.2, 0) is 0 Å². The number of nitrogens with zero attached hydrogens (tertiary/aromatic N) is 3. The molecule has 0 aliphatic rings. The Balaban J connectivity index is 2.32. The molecule has 5 nitrogen and oxygen atoms in total. The molecule has 1 heterocycles. The molecule has 0 spiro atoms. The third-order valence-electron chi connectivity index (χ3n) is 2.65. The lowest BCUT2D eigenvalue weighted by atomic mass is 10.2. The summed E-state index contributed by atoms with van der Waals surface area (Å²) >= 11 is 0. The van der Waals surface area contributed by atoms with Gasteiger partial charge in [0.05, 0.1) is 12.4 Å². The molecule has 0 atom stereocenters. The molecule has 2 rings (SSSR count). The summed E-state index contributed by atoms with van der Waals surface area (Å²) in [6.07, 6.45) is 2.82. The zero-order chi connectivity index (χ0) is 13.1. The minimum absolute atomic E-state index is 0.232. The van der Waals surface area contributed by atoms with Crippen LogP contribution in [0.3, 0.4) is 0 Å². The lowest BCUT2D eigenvalue weighted by Crippen LogP contribution is -2.28. The van der Waals surface area contributed by atoms with Crippen molar-refractivity contribution < 1.29 is 4.79 Å². The van der Waals surface area contributed by atoms with E-state index in [1.165, 1.54) is 12.4 Å². The number of rotatable bonds is 2. The minimum atomic E-state index is -0.232. The summed E-state index contributed by atoms with van der Waals surface area (Å²) in [7, 11) is 1.70. The largest absolute Gasteiger partial charge is 0.382 e. The van der Waals surface area contributed by atoms with Crippen LogP contribution >= 0.6 is 0 Å². The molecule has 18 heavy (non-hydrogen) atoms. The summed E-state index contributed by atoms with van der Waals surface area (Å²) in [6, 6.07) is 7.64. The van der Waals surface area contributed by atoms with E-state index >= 15 is 0 Å². The molecule has 0 fully saturated rings. The van der Waals surface area contributed by atoms with Gasteiger partial charge in [-0.1, -0.05) is 18.2 Å². The van der Waals surface area contributed by atoms with Crippen LogP contribution in [-0.4, -0.2) is 22.9 Å². The van der Waals surface area contributed by atoms with Crippen molar-refractivity contribution in [3.8, 4) is 0 Å². The fourth-order valence-corrected chi connectivity index (χ4v) is 1.71. The van der Waals surface area contributed by atoms with E-state index in [1.807, 2.05) is 31.2 Å². The van der Waals surface area contributed by atoms with Gasteiger partial charge in [-0.15, -0.1) is 0 Å². The third-order valence-corrected chi connectivity index (χ3v) is 2.65. The second-order valence-electron chi connectivity index (χ2n) is 3.98. The molecule has 5 heteroatoms. The average Bonchev–Trinajstić information content (AvgIpc) is 2.37. The topological polar surface area (TPSA) is 72.1 Å². The van der Waals surface area contributed by atoms with Crippen molar-refractivity contribution >= 4 is 17.4 Å². The molecule has 1 amide bonds. The molecule has 0 saturated carbocycles. The number of nitrogen functional groups attached to an aromatic ring is 1. The first kappa shape index (κ1) is 12.0. The standard InChI is InChI=1S/C13H14N4O/c1-9-5-3-4-6-11(9)17(2)13(18)10-7-15-8-12(14)16-10/h3-8H,1-2H3,(H2,14,16). The first-order chi connectivity index (χ1) is 8.59. The number of anilines is 2. The number of benzene rings is 1. The van der Waals surface area contributed by atoms with E-state index in [4.69, 9.17) is 5.73 Å². The molecular formula is C13H14N4O. The summed E-state index contributed by atoms with van der Waals surface area (Å²) in [6.45, 7) is 1.95. The van der Waals surface area contributed by atoms with Gasteiger partial charge in [0, 0.05) is 12.7 Å². The van der Waals surface area contributed by atoms with Crippen molar-refractivity contribution in [3.05, 3.63) is 47.9 Å². The molecule has 2 aromatic rings. The Hall–Kier alpha value is -2.43. The van der Waals surface area contributed by atoms with Crippen LogP contribution in [0.15, 0.2) is 36.7 Å². The molecule has 1 aromatic carbocycles. The van der Waals surface area contributed by atoms with Gasteiger partial charge in [0.15, 0.2) is 0 Å². The Morgan fingerprint density at radius 3 is 2.67 bits per heavy atom. The van der Waals surface area contributed by atoms with Crippen molar-refractivity contribution in [2.24, 2.45) is 0 Å². The second-order valence-corrected chi connectivity index (χ2v) is 3.98. The highest BCUT2D eigenvalue weighted by Crippen LogP contribution is 2.19. The maximum atomic E-state index is 12.2. The molecule has 0 unspecified atom stereocenters. The molecular weight excluding hydrogens is 228 g/mol. The van der Waals surface area contributed by atoms with Gasteiger partial charge in [-0.2, -0.15) is 0 Å². The van der Waals surface area contributed by atoms with Crippen molar-refractivity contribution in [1.29, 1.82) is 0 Å². The molecule has 0 saturated heterocycles. The molecule has 0 aliphatic carbocycles. The number of amides is 1. The minimum Gasteiger partial charge on any atom is -0.382 e. The Kier molecular flexibility index (Phi) is 3.23. The van der Waals surface area contributed by atoms with E-state index in [0.29, 0.717) is 0 Å². The van der Waals surface area contributed by atoms with Gasteiger partial charge >= 0.3 is 0 Å². The van der Waals surface area contributed by atoms with Gasteiger partial charge in [0.25, 0.3) is 5.91 Å². The predicted molar refractivity (Wildman–Crippen MR) is 70.4 cm³/mol. The monoisotopic (exact) mass is 242 g/mol. The summed E-state index contributed by atoms with van der Waals surface area (Å²) in [5.74, 6) is 0.00290. The number of carbonyl (C=O) groups is 1. The summed E-state index contributed by atoms with van der Waals surface area (Å²) in [5, 5.41) is 0. The Morgan fingerprint density at radius 2 is 2.00 bits per heavy atom. The van der Waals surface area contributed by atoms with E-state index in [2.05, 4.69) is 9.97 Å². The van der Waals surface area contributed by atoms with Crippen LogP contribution < -0.4 is 10.6 Å². The van der Waals surface area contributed by atoms with E-state index < -0.39 is 0 Å². The number of aryl methyl sites for hydroxylation is 1. The van der Waals surface area contributed by atoms with Crippen molar-refractivity contribution in [3.63, 3.8) is 0 Å². The summed E-state index contributed by atoms with van der Waals surface area (Å²) in [5.41, 5.74) is 7.62. The number of aromatic nitrogens is 2. The summed E-state index contributed by atoms with van der Waals surface area (Å²) in [4.78, 5) is 21.6. The van der Waals surface area contributed by atoms with Gasteiger partial charge < -0.3 is 10.6 Å². The molecule has 0 radical (unpaired) electrons. The Morgan fingerprint density at radius 1 is 1.28 bits per heavy atom. The van der Waals surface area contributed by atoms with Gasteiger partial charge in [-0.05, 0) is 18.6 Å². The van der Waals surface area contributed by atoms with Gasteiger partial charge in [-0.3, -0.25) is 9.78 Å². The van der Waals surface area contributed by atoms with Crippen molar-refractivity contribution in [1.82, 2.24) is 9.97 Å². The average molecular weight is 242 g/mol. The number of carbonyl (C=O) groups excluding carboxylic acids is 1. The molecule has 0 bridgehead atoms. The van der Waals surface area contributed by atoms with Gasteiger partial charge in [-0.25, -0.2) is 4.98 Å². The van der Waals surface area contributed by atoms with Crippen LogP contribution in [0.4, 0.5) is 11.5 Å². The molecule has 0 aliphatic heterocycles. The Bertz CT molecular complexity index is 583.